The molecule has 3 aliphatic rings. The Labute approximate surface area is 125 Å². The van der Waals surface area contributed by atoms with Gasteiger partial charge in [0.05, 0.1) is 0 Å². The van der Waals surface area contributed by atoms with Crippen LogP contribution in [0.3, 0.4) is 0 Å². The zero-order valence-electron chi connectivity index (χ0n) is 12.8. The van der Waals surface area contributed by atoms with Gasteiger partial charge in [0, 0.05) is 19.0 Å². The van der Waals surface area contributed by atoms with E-state index in [1.165, 1.54) is 11.3 Å². The number of nitrogens with zero attached hydrogens (tertiary/aromatic N) is 2. The molecule has 0 radical (unpaired) electrons. The van der Waals surface area contributed by atoms with Gasteiger partial charge in [0.25, 0.3) is 5.91 Å². The van der Waals surface area contributed by atoms with Crippen LogP contribution in [0, 0.1) is 5.92 Å². The SMILES string of the molecule is C=C1OC2(CCCC(C)C2)CC2(N=C(N)N(C)C2=O)C1=C. The molecule has 0 aromatic heterocycles. The van der Waals surface area contributed by atoms with E-state index >= 15 is 0 Å². The third-order valence-corrected chi connectivity index (χ3v) is 5.11. The van der Waals surface area contributed by atoms with Gasteiger partial charge in [0.2, 0.25) is 0 Å². The Kier molecular flexibility index (Phi) is 2.94. The van der Waals surface area contributed by atoms with Crippen molar-refractivity contribution >= 4 is 11.9 Å². The second-order valence-electron chi connectivity index (χ2n) is 6.76. The maximum atomic E-state index is 12.7. The van der Waals surface area contributed by atoms with Crippen LogP contribution in [0.1, 0.15) is 39.0 Å². The number of nitrogens with two attached hydrogens (primary N) is 1. The van der Waals surface area contributed by atoms with Gasteiger partial charge >= 0.3 is 0 Å². The molecule has 21 heavy (non-hydrogen) atoms. The van der Waals surface area contributed by atoms with Crippen molar-refractivity contribution in [3.63, 3.8) is 0 Å². The van der Waals surface area contributed by atoms with Crippen LogP contribution in [0.4, 0.5) is 0 Å². The number of ether oxygens (including phenoxy) is 1. The van der Waals surface area contributed by atoms with Gasteiger partial charge in [-0.05, 0) is 25.2 Å². The van der Waals surface area contributed by atoms with Crippen LogP contribution in [0.15, 0.2) is 29.5 Å². The van der Waals surface area contributed by atoms with Gasteiger partial charge in [-0.3, -0.25) is 9.69 Å². The number of aliphatic imine (C=N–C) groups is 1. The summed E-state index contributed by atoms with van der Waals surface area (Å²) in [6.45, 7) is 10.2. The number of hydrogen-bond donors (Lipinski definition) is 1. The normalized spacial score (nSPS) is 39.9. The van der Waals surface area contributed by atoms with Crippen molar-refractivity contribution in [2.75, 3.05) is 7.05 Å². The highest BCUT2D eigenvalue weighted by atomic mass is 16.5. The molecule has 2 aliphatic heterocycles. The summed E-state index contributed by atoms with van der Waals surface area (Å²) >= 11 is 0. The molecule has 2 N–H and O–H groups in total. The third-order valence-electron chi connectivity index (χ3n) is 5.11. The van der Waals surface area contributed by atoms with Crippen molar-refractivity contribution in [3.05, 3.63) is 24.5 Å². The Morgan fingerprint density at radius 3 is 2.76 bits per heavy atom. The fourth-order valence-corrected chi connectivity index (χ4v) is 4.04. The summed E-state index contributed by atoms with van der Waals surface area (Å²) in [4.78, 5) is 18.6. The van der Waals surface area contributed by atoms with E-state index in [1.54, 1.807) is 7.05 Å². The Balaban J connectivity index is 2.03. The smallest absolute Gasteiger partial charge is 0.261 e. The van der Waals surface area contributed by atoms with Gasteiger partial charge in [-0.2, -0.15) is 0 Å². The van der Waals surface area contributed by atoms with Crippen LogP contribution in [0.25, 0.3) is 0 Å². The lowest BCUT2D eigenvalue weighted by molar-refractivity contribution is -0.136. The van der Waals surface area contributed by atoms with Crippen LogP contribution >= 0.6 is 0 Å². The van der Waals surface area contributed by atoms with Crippen LogP contribution in [-0.2, 0) is 9.53 Å². The highest BCUT2D eigenvalue weighted by Crippen LogP contribution is 2.51. The van der Waals surface area contributed by atoms with Crippen molar-refractivity contribution in [1.82, 2.24) is 4.90 Å². The predicted molar refractivity (Wildman–Crippen MR) is 81.5 cm³/mol. The summed E-state index contributed by atoms with van der Waals surface area (Å²) in [5, 5.41) is 0. The topological polar surface area (TPSA) is 67.9 Å². The number of rotatable bonds is 0. The maximum Gasteiger partial charge on any atom is 0.261 e. The predicted octanol–water partition coefficient (Wildman–Crippen LogP) is 1.95. The molecule has 0 bridgehead atoms. The number of likely N-dealkylation sites (N-methyl/N-ethyl adjacent to an activating group) is 1. The zero-order valence-corrected chi connectivity index (χ0v) is 12.8. The fraction of sp³-hybridized carbons (Fsp3) is 0.625. The molecule has 1 amide bonds. The van der Waals surface area contributed by atoms with Crippen molar-refractivity contribution in [1.29, 1.82) is 0 Å². The first kappa shape index (κ1) is 14.2. The summed E-state index contributed by atoms with van der Waals surface area (Å²) in [6.07, 6.45) is 4.67. The molecule has 0 aromatic rings. The number of guanidine groups is 1. The lowest BCUT2D eigenvalue weighted by Gasteiger charge is -2.49. The van der Waals surface area contributed by atoms with Crippen LogP contribution in [-0.4, -0.2) is 35.0 Å². The van der Waals surface area contributed by atoms with Crippen molar-refractivity contribution < 1.29 is 9.53 Å². The van der Waals surface area contributed by atoms with E-state index in [4.69, 9.17) is 10.5 Å². The summed E-state index contributed by atoms with van der Waals surface area (Å²) < 4.78 is 6.13. The Hall–Kier alpha value is -1.78. The van der Waals surface area contributed by atoms with Crippen molar-refractivity contribution in [2.24, 2.45) is 16.6 Å². The molecule has 5 heteroatoms. The molecule has 114 valence electrons. The van der Waals surface area contributed by atoms with E-state index in [1.807, 2.05) is 0 Å². The zero-order chi connectivity index (χ0) is 15.4. The van der Waals surface area contributed by atoms with Crippen molar-refractivity contribution in [3.8, 4) is 0 Å². The monoisotopic (exact) mass is 289 g/mol. The highest BCUT2D eigenvalue weighted by molar-refractivity contribution is 6.09. The standard InChI is InChI=1S/C16H23N3O2/c1-10-6-5-7-15(8-10)9-16(11(2)12(3)21-15)13(20)19(4)14(17)18-16/h10H,2-3,5-9H2,1,4H3,(H2,17,18). The lowest BCUT2D eigenvalue weighted by atomic mass is 9.68. The second kappa shape index (κ2) is 4.36. The van der Waals surface area contributed by atoms with Gasteiger partial charge in [-0.15, -0.1) is 0 Å². The van der Waals surface area contributed by atoms with Crippen LogP contribution in [0.5, 0.6) is 0 Å². The van der Waals surface area contributed by atoms with Gasteiger partial charge in [-0.1, -0.05) is 26.5 Å². The van der Waals surface area contributed by atoms with Gasteiger partial charge in [-0.25, -0.2) is 4.99 Å². The second-order valence-corrected chi connectivity index (χ2v) is 6.76. The molecule has 5 nitrogen and oxygen atoms in total. The van der Waals surface area contributed by atoms with E-state index in [9.17, 15) is 4.79 Å². The van der Waals surface area contributed by atoms with Crippen LogP contribution < -0.4 is 5.73 Å². The summed E-state index contributed by atoms with van der Waals surface area (Å²) in [7, 11) is 1.65. The number of amides is 1. The molecular formula is C16H23N3O2. The largest absolute Gasteiger partial charge is 0.487 e. The number of carbonyl (C=O) groups excluding carboxylic acids is 1. The minimum atomic E-state index is -1.01. The average molecular weight is 289 g/mol. The van der Waals surface area contributed by atoms with Gasteiger partial charge in [0.1, 0.15) is 11.4 Å². The van der Waals surface area contributed by atoms with Gasteiger partial charge < -0.3 is 10.5 Å². The molecule has 3 rings (SSSR count). The fourth-order valence-electron chi connectivity index (χ4n) is 4.04. The Morgan fingerprint density at radius 2 is 2.19 bits per heavy atom. The third kappa shape index (κ3) is 1.90. The molecule has 2 heterocycles. The first-order chi connectivity index (χ1) is 9.80. The first-order valence-electron chi connectivity index (χ1n) is 7.51. The van der Waals surface area contributed by atoms with E-state index in [0.29, 0.717) is 23.7 Å². The van der Waals surface area contributed by atoms with Crippen molar-refractivity contribution in [2.45, 2.75) is 50.2 Å². The first-order valence-corrected chi connectivity index (χ1v) is 7.51. The number of hydrogen-bond acceptors (Lipinski definition) is 4. The van der Waals surface area contributed by atoms with E-state index in [2.05, 4.69) is 25.1 Å². The molecule has 1 saturated heterocycles. The minimum Gasteiger partial charge on any atom is -0.487 e. The Bertz CT molecular complexity index is 568. The van der Waals surface area contributed by atoms with E-state index < -0.39 is 5.54 Å². The quantitative estimate of drug-likeness (QED) is 0.741. The lowest BCUT2D eigenvalue weighted by Crippen LogP contribution is -2.54. The molecule has 3 atom stereocenters. The molecule has 3 unspecified atom stereocenters. The molecular weight excluding hydrogens is 266 g/mol. The molecule has 2 spiro atoms. The maximum absolute atomic E-state index is 12.7. The minimum absolute atomic E-state index is 0.118. The summed E-state index contributed by atoms with van der Waals surface area (Å²) in [6, 6.07) is 0. The molecule has 1 saturated carbocycles. The highest BCUT2D eigenvalue weighted by Gasteiger charge is 2.58. The van der Waals surface area contributed by atoms with E-state index in [-0.39, 0.29) is 17.5 Å². The number of carbonyl (C=O) groups is 1. The molecule has 2 fully saturated rings. The van der Waals surface area contributed by atoms with Gasteiger partial charge in [0.15, 0.2) is 11.5 Å². The Morgan fingerprint density at radius 1 is 1.48 bits per heavy atom. The average Bonchev–Trinajstić information content (AvgIpc) is 2.61. The summed E-state index contributed by atoms with van der Waals surface area (Å²) in [5.41, 5.74) is 5.05. The van der Waals surface area contributed by atoms with E-state index in [0.717, 1.165) is 19.3 Å². The summed E-state index contributed by atoms with van der Waals surface area (Å²) in [5.74, 6) is 1.18. The van der Waals surface area contributed by atoms with Crippen LogP contribution in [0.2, 0.25) is 0 Å². The molecule has 0 aromatic carbocycles. The molecule has 1 aliphatic carbocycles.